The molecule has 0 saturated heterocycles. The fraction of sp³-hybridized carbons (Fsp3) is 0.0769. The molecule has 0 aliphatic rings. The number of benzene rings is 2. The van der Waals surface area contributed by atoms with E-state index in [9.17, 15) is 5.11 Å². The predicted octanol–water partition coefficient (Wildman–Crippen LogP) is 4.79. The maximum absolute atomic E-state index is 10.3. The summed E-state index contributed by atoms with van der Waals surface area (Å²) in [4.78, 5) is 0. The van der Waals surface area contributed by atoms with Gasteiger partial charge in [-0.15, -0.1) is 0 Å². The van der Waals surface area contributed by atoms with Crippen molar-refractivity contribution in [3.05, 3.63) is 66.7 Å². The molecule has 0 amide bonds. The van der Waals surface area contributed by atoms with Crippen molar-refractivity contribution in [1.82, 2.24) is 0 Å². The first-order valence-corrected chi connectivity index (χ1v) is 7.21. The molecule has 1 unspecified atom stereocenters. The third kappa shape index (κ3) is 3.22. The Hall–Kier alpha value is -0.100. The maximum Gasteiger partial charge on any atom is 0.105 e. The van der Waals surface area contributed by atoms with E-state index < -0.39 is 6.10 Å². The molecule has 2 rings (SSSR count). The molecule has 0 aromatic heterocycles. The number of rotatable bonds is 2. The topological polar surface area (TPSA) is 20.2 Å². The van der Waals surface area contributed by atoms with Gasteiger partial charge in [-0.05, 0) is 64.0 Å². The monoisotopic (exact) mass is 422 g/mol. The first kappa shape index (κ1) is 13.3. The van der Waals surface area contributed by atoms with E-state index >= 15 is 0 Å². The van der Waals surface area contributed by atoms with E-state index in [1.165, 1.54) is 0 Å². The van der Waals surface area contributed by atoms with Gasteiger partial charge in [-0.3, -0.25) is 0 Å². The highest BCUT2D eigenvalue weighted by Crippen LogP contribution is 2.29. The SMILES string of the molecule is OC(c1ccc(Br)cc1)c1cc(Cl)ccc1I. The highest BCUT2D eigenvalue weighted by Gasteiger charge is 2.13. The summed E-state index contributed by atoms with van der Waals surface area (Å²) in [7, 11) is 0. The van der Waals surface area contributed by atoms with Crippen LogP contribution < -0.4 is 0 Å². The van der Waals surface area contributed by atoms with Crippen LogP contribution in [0.5, 0.6) is 0 Å². The summed E-state index contributed by atoms with van der Waals surface area (Å²) in [5, 5.41) is 10.9. The number of hydrogen-bond acceptors (Lipinski definition) is 1. The van der Waals surface area contributed by atoms with Gasteiger partial charge < -0.3 is 5.11 Å². The van der Waals surface area contributed by atoms with Crippen molar-refractivity contribution in [3.8, 4) is 0 Å². The highest BCUT2D eigenvalue weighted by atomic mass is 127. The summed E-state index contributed by atoms with van der Waals surface area (Å²) in [6, 6.07) is 13.1. The van der Waals surface area contributed by atoms with Crippen molar-refractivity contribution in [2.75, 3.05) is 0 Å². The van der Waals surface area contributed by atoms with Gasteiger partial charge in [0.05, 0.1) is 0 Å². The first-order valence-electron chi connectivity index (χ1n) is 4.96. The van der Waals surface area contributed by atoms with Gasteiger partial charge in [0, 0.05) is 13.1 Å². The van der Waals surface area contributed by atoms with Gasteiger partial charge in [-0.1, -0.05) is 39.7 Å². The second-order valence-electron chi connectivity index (χ2n) is 3.62. The summed E-state index contributed by atoms with van der Waals surface area (Å²) < 4.78 is 2.00. The molecular weight excluding hydrogens is 414 g/mol. The van der Waals surface area contributed by atoms with Crippen LogP contribution in [0.2, 0.25) is 5.02 Å². The van der Waals surface area contributed by atoms with Crippen LogP contribution in [0.4, 0.5) is 0 Å². The van der Waals surface area contributed by atoms with Crippen molar-refractivity contribution >= 4 is 50.1 Å². The quantitative estimate of drug-likeness (QED) is 0.689. The molecule has 17 heavy (non-hydrogen) atoms. The van der Waals surface area contributed by atoms with E-state index in [2.05, 4.69) is 38.5 Å². The van der Waals surface area contributed by atoms with Crippen LogP contribution in [-0.2, 0) is 0 Å². The van der Waals surface area contributed by atoms with Crippen molar-refractivity contribution in [2.45, 2.75) is 6.10 Å². The van der Waals surface area contributed by atoms with Gasteiger partial charge in [0.1, 0.15) is 6.10 Å². The molecule has 0 aliphatic carbocycles. The molecule has 0 spiro atoms. The molecule has 0 aliphatic heterocycles. The van der Waals surface area contributed by atoms with Crippen LogP contribution in [0.1, 0.15) is 17.2 Å². The van der Waals surface area contributed by atoms with Gasteiger partial charge >= 0.3 is 0 Å². The molecule has 1 nitrogen and oxygen atoms in total. The molecule has 0 heterocycles. The zero-order chi connectivity index (χ0) is 12.4. The van der Waals surface area contributed by atoms with E-state index in [1.54, 1.807) is 6.07 Å². The lowest BCUT2D eigenvalue weighted by Gasteiger charge is -2.13. The Balaban J connectivity index is 2.39. The third-order valence-electron chi connectivity index (χ3n) is 2.44. The summed E-state index contributed by atoms with van der Waals surface area (Å²) in [5.74, 6) is 0. The van der Waals surface area contributed by atoms with E-state index in [1.807, 2.05) is 36.4 Å². The Morgan fingerprint density at radius 2 is 1.76 bits per heavy atom. The van der Waals surface area contributed by atoms with E-state index in [0.717, 1.165) is 19.2 Å². The largest absolute Gasteiger partial charge is 0.384 e. The van der Waals surface area contributed by atoms with Crippen LogP contribution in [0, 0.1) is 3.57 Å². The average molecular weight is 423 g/mol. The molecule has 2 aromatic carbocycles. The van der Waals surface area contributed by atoms with Gasteiger partial charge in [-0.2, -0.15) is 0 Å². The molecule has 0 radical (unpaired) electrons. The Kier molecular flexibility index (Phi) is 4.47. The number of halogens is 3. The van der Waals surface area contributed by atoms with Crippen LogP contribution in [0.25, 0.3) is 0 Å². The molecule has 1 atom stereocenters. The lowest BCUT2D eigenvalue weighted by Crippen LogP contribution is -2.01. The van der Waals surface area contributed by atoms with Gasteiger partial charge in [0.2, 0.25) is 0 Å². The Bertz CT molecular complexity index is 527. The lowest BCUT2D eigenvalue weighted by molar-refractivity contribution is 0.219. The van der Waals surface area contributed by atoms with Gasteiger partial charge in [0.25, 0.3) is 0 Å². The predicted molar refractivity (Wildman–Crippen MR) is 82.4 cm³/mol. The third-order valence-corrected chi connectivity index (χ3v) is 4.18. The lowest BCUT2D eigenvalue weighted by atomic mass is 10.0. The second-order valence-corrected chi connectivity index (χ2v) is 6.13. The first-order chi connectivity index (χ1) is 8.08. The maximum atomic E-state index is 10.3. The molecular formula is C13H9BrClIO. The van der Waals surface area contributed by atoms with Crippen molar-refractivity contribution in [3.63, 3.8) is 0 Å². The normalized spacial score (nSPS) is 12.5. The van der Waals surface area contributed by atoms with Gasteiger partial charge in [-0.25, -0.2) is 0 Å². The second kappa shape index (κ2) is 5.69. The Morgan fingerprint density at radius 1 is 1.12 bits per heavy atom. The summed E-state index contributed by atoms with van der Waals surface area (Å²) >= 11 is 11.5. The fourth-order valence-corrected chi connectivity index (χ4v) is 2.62. The molecule has 0 bridgehead atoms. The summed E-state index contributed by atoms with van der Waals surface area (Å²) in [6.45, 7) is 0. The fourth-order valence-electron chi connectivity index (χ4n) is 1.55. The minimum Gasteiger partial charge on any atom is -0.384 e. The number of aliphatic hydroxyl groups is 1. The Morgan fingerprint density at radius 3 is 2.41 bits per heavy atom. The number of hydrogen-bond donors (Lipinski definition) is 1. The van der Waals surface area contributed by atoms with Crippen LogP contribution in [-0.4, -0.2) is 5.11 Å². The highest BCUT2D eigenvalue weighted by molar-refractivity contribution is 14.1. The minimum atomic E-state index is -0.645. The zero-order valence-electron chi connectivity index (χ0n) is 8.70. The number of aliphatic hydroxyl groups excluding tert-OH is 1. The Labute approximate surface area is 127 Å². The minimum absolute atomic E-state index is 0.636. The molecule has 0 fully saturated rings. The molecule has 1 N–H and O–H groups in total. The molecule has 4 heteroatoms. The smallest absolute Gasteiger partial charge is 0.105 e. The zero-order valence-corrected chi connectivity index (χ0v) is 13.2. The standard InChI is InChI=1S/C13H9BrClIO/c14-9-3-1-8(2-4-9)13(17)11-7-10(15)5-6-12(11)16/h1-7,13,17H. The summed E-state index contributed by atoms with van der Waals surface area (Å²) in [5.41, 5.74) is 1.69. The molecule has 0 saturated carbocycles. The van der Waals surface area contributed by atoms with Crippen molar-refractivity contribution in [1.29, 1.82) is 0 Å². The van der Waals surface area contributed by atoms with Crippen LogP contribution in [0.15, 0.2) is 46.9 Å². The van der Waals surface area contributed by atoms with Crippen molar-refractivity contribution < 1.29 is 5.11 Å². The summed E-state index contributed by atoms with van der Waals surface area (Å²) in [6.07, 6.45) is -0.645. The van der Waals surface area contributed by atoms with Crippen LogP contribution >= 0.6 is 50.1 Å². The van der Waals surface area contributed by atoms with E-state index in [-0.39, 0.29) is 0 Å². The van der Waals surface area contributed by atoms with E-state index in [4.69, 9.17) is 11.6 Å². The van der Waals surface area contributed by atoms with E-state index in [0.29, 0.717) is 5.02 Å². The molecule has 2 aromatic rings. The van der Waals surface area contributed by atoms with Crippen molar-refractivity contribution in [2.24, 2.45) is 0 Å². The molecule has 88 valence electrons. The average Bonchev–Trinajstić information content (AvgIpc) is 2.32. The van der Waals surface area contributed by atoms with Gasteiger partial charge in [0.15, 0.2) is 0 Å². The van der Waals surface area contributed by atoms with Crippen LogP contribution in [0.3, 0.4) is 0 Å².